The van der Waals surface area contributed by atoms with Gasteiger partial charge in [0.2, 0.25) is 0 Å². The number of ether oxygens (including phenoxy) is 2. The van der Waals surface area contributed by atoms with E-state index in [-0.39, 0.29) is 24.1 Å². The van der Waals surface area contributed by atoms with Crippen molar-refractivity contribution in [3.63, 3.8) is 0 Å². The van der Waals surface area contributed by atoms with E-state index in [2.05, 4.69) is 5.10 Å². The molecule has 1 aliphatic heterocycles. The van der Waals surface area contributed by atoms with Gasteiger partial charge in [-0.1, -0.05) is 30.3 Å². The number of hydrogen-bond donors (Lipinski definition) is 0. The van der Waals surface area contributed by atoms with Crippen molar-refractivity contribution in [3.8, 4) is 5.75 Å². The first-order valence-electron chi connectivity index (χ1n) is 9.53. The SMILES string of the molecule is COc1ccc([C@@H]2C[C@H](OC(=O)Cn3ncc4ccccc4c3=O)C(=O)N2C)cc1. The molecule has 0 unspecified atom stereocenters. The monoisotopic (exact) mass is 407 g/mol. The topological polar surface area (TPSA) is 90.7 Å². The lowest BCUT2D eigenvalue weighted by Crippen LogP contribution is -2.33. The van der Waals surface area contributed by atoms with Crippen molar-refractivity contribution in [3.05, 3.63) is 70.6 Å². The molecule has 2 heterocycles. The zero-order valence-electron chi connectivity index (χ0n) is 16.6. The van der Waals surface area contributed by atoms with Gasteiger partial charge in [-0.15, -0.1) is 0 Å². The Balaban J connectivity index is 1.46. The number of aromatic nitrogens is 2. The van der Waals surface area contributed by atoms with E-state index >= 15 is 0 Å². The Morgan fingerprint density at radius 3 is 2.60 bits per heavy atom. The number of nitrogens with zero attached hydrogens (tertiary/aromatic N) is 3. The van der Waals surface area contributed by atoms with Crippen LogP contribution in [0.4, 0.5) is 0 Å². The molecule has 1 amide bonds. The molecular weight excluding hydrogens is 386 g/mol. The largest absolute Gasteiger partial charge is 0.497 e. The Bertz CT molecular complexity index is 1160. The van der Waals surface area contributed by atoms with Crippen molar-refractivity contribution < 1.29 is 19.1 Å². The van der Waals surface area contributed by atoms with Gasteiger partial charge in [0.05, 0.1) is 24.7 Å². The van der Waals surface area contributed by atoms with Crippen LogP contribution in [0.15, 0.2) is 59.5 Å². The third kappa shape index (κ3) is 3.63. The fraction of sp³-hybridized carbons (Fsp3) is 0.273. The number of benzene rings is 2. The molecule has 0 saturated carbocycles. The van der Waals surface area contributed by atoms with Crippen molar-refractivity contribution in [1.82, 2.24) is 14.7 Å². The van der Waals surface area contributed by atoms with Crippen LogP contribution in [-0.2, 0) is 20.9 Å². The number of likely N-dealkylation sites (tertiary alicyclic amines) is 1. The van der Waals surface area contributed by atoms with E-state index in [1.54, 1.807) is 37.3 Å². The van der Waals surface area contributed by atoms with Crippen LogP contribution in [0.5, 0.6) is 5.75 Å². The number of rotatable bonds is 5. The van der Waals surface area contributed by atoms with E-state index in [4.69, 9.17) is 9.47 Å². The van der Waals surface area contributed by atoms with Crippen molar-refractivity contribution in [2.45, 2.75) is 25.1 Å². The van der Waals surface area contributed by atoms with Crippen LogP contribution in [0.1, 0.15) is 18.0 Å². The van der Waals surface area contributed by atoms with Gasteiger partial charge < -0.3 is 14.4 Å². The number of amides is 1. The molecule has 0 aliphatic carbocycles. The number of hydrogen-bond acceptors (Lipinski definition) is 6. The summed E-state index contributed by atoms with van der Waals surface area (Å²) >= 11 is 0. The van der Waals surface area contributed by atoms with Crippen LogP contribution in [-0.4, -0.2) is 46.8 Å². The Labute approximate surface area is 172 Å². The second kappa shape index (κ2) is 7.98. The normalized spacial score (nSPS) is 18.6. The maximum atomic E-state index is 12.6. The maximum absolute atomic E-state index is 12.6. The highest BCUT2D eigenvalue weighted by molar-refractivity contribution is 5.86. The molecule has 2 aromatic carbocycles. The number of carbonyl (C=O) groups excluding carboxylic acids is 2. The van der Waals surface area contributed by atoms with Gasteiger partial charge in [0.25, 0.3) is 11.5 Å². The second-order valence-electron chi connectivity index (χ2n) is 7.15. The molecule has 1 aliphatic rings. The summed E-state index contributed by atoms with van der Waals surface area (Å²) < 4.78 is 11.6. The molecule has 2 atom stereocenters. The molecule has 3 aromatic rings. The Hall–Kier alpha value is -3.68. The fourth-order valence-corrected chi connectivity index (χ4v) is 3.69. The fourth-order valence-electron chi connectivity index (χ4n) is 3.69. The smallest absolute Gasteiger partial charge is 0.328 e. The Morgan fingerprint density at radius 1 is 1.13 bits per heavy atom. The van der Waals surface area contributed by atoms with Crippen LogP contribution < -0.4 is 10.3 Å². The van der Waals surface area contributed by atoms with E-state index in [0.717, 1.165) is 16.0 Å². The van der Waals surface area contributed by atoms with Gasteiger partial charge in [-0.25, -0.2) is 4.68 Å². The maximum Gasteiger partial charge on any atom is 0.328 e. The van der Waals surface area contributed by atoms with Gasteiger partial charge in [0.15, 0.2) is 6.10 Å². The number of methoxy groups -OCH3 is 1. The molecule has 0 radical (unpaired) electrons. The van der Waals surface area contributed by atoms with Crippen LogP contribution in [0.3, 0.4) is 0 Å². The van der Waals surface area contributed by atoms with E-state index in [1.807, 2.05) is 30.3 Å². The Kier molecular flexibility index (Phi) is 5.22. The standard InChI is InChI=1S/C22H21N3O5/c1-24-18(14-7-9-16(29-2)10-8-14)11-19(22(24)28)30-20(26)13-25-21(27)17-6-4-3-5-15(17)12-23-25/h3-10,12,18-19H,11,13H2,1-2H3/t18-,19-/m0/s1. The minimum atomic E-state index is -0.897. The van der Waals surface area contributed by atoms with Gasteiger partial charge in [-0.2, -0.15) is 5.10 Å². The summed E-state index contributed by atoms with van der Waals surface area (Å²) in [5.74, 6) is -0.230. The van der Waals surface area contributed by atoms with Gasteiger partial charge in [-0.05, 0) is 23.8 Å². The summed E-state index contributed by atoms with van der Waals surface area (Å²) in [5.41, 5.74) is 0.550. The number of carbonyl (C=O) groups is 2. The van der Waals surface area contributed by atoms with E-state index < -0.39 is 12.1 Å². The predicted octanol–water partition coefficient (Wildman–Crippen LogP) is 1.92. The van der Waals surface area contributed by atoms with Crippen LogP contribution in [0.25, 0.3) is 10.8 Å². The van der Waals surface area contributed by atoms with Crippen LogP contribution in [0, 0.1) is 0 Å². The third-order valence-corrected chi connectivity index (χ3v) is 5.34. The summed E-state index contributed by atoms with van der Waals surface area (Å²) in [6.45, 7) is -0.357. The zero-order valence-corrected chi connectivity index (χ0v) is 16.6. The van der Waals surface area contributed by atoms with Crippen molar-refractivity contribution >= 4 is 22.6 Å². The molecule has 4 rings (SSSR count). The minimum absolute atomic E-state index is 0.206. The molecule has 0 N–H and O–H groups in total. The molecule has 1 aromatic heterocycles. The van der Waals surface area contributed by atoms with Crippen LogP contribution >= 0.6 is 0 Å². The average Bonchev–Trinajstić information content (AvgIpc) is 3.04. The minimum Gasteiger partial charge on any atom is -0.497 e. The molecule has 154 valence electrons. The molecule has 0 spiro atoms. The van der Waals surface area contributed by atoms with E-state index in [0.29, 0.717) is 17.2 Å². The summed E-state index contributed by atoms with van der Waals surface area (Å²) in [6.07, 6.45) is 0.969. The summed E-state index contributed by atoms with van der Waals surface area (Å²) in [7, 11) is 3.27. The Morgan fingerprint density at radius 2 is 1.87 bits per heavy atom. The molecular formula is C22H21N3O5. The van der Waals surface area contributed by atoms with E-state index in [9.17, 15) is 14.4 Å². The first-order chi connectivity index (χ1) is 14.5. The van der Waals surface area contributed by atoms with Gasteiger partial charge in [0, 0.05) is 18.9 Å². The molecule has 1 fully saturated rings. The summed E-state index contributed by atoms with van der Waals surface area (Å²) in [6, 6.07) is 14.2. The quantitative estimate of drug-likeness (QED) is 0.600. The van der Waals surface area contributed by atoms with Crippen molar-refractivity contribution in [2.24, 2.45) is 0 Å². The molecule has 0 bridgehead atoms. The molecule has 1 saturated heterocycles. The highest BCUT2D eigenvalue weighted by atomic mass is 16.5. The highest BCUT2D eigenvalue weighted by Crippen LogP contribution is 2.33. The lowest BCUT2D eigenvalue weighted by Gasteiger charge is -2.19. The van der Waals surface area contributed by atoms with E-state index in [1.165, 1.54) is 6.20 Å². The van der Waals surface area contributed by atoms with Gasteiger partial charge >= 0.3 is 5.97 Å². The summed E-state index contributed by atoms with van der Waals surface area (Å²) in [5, 5.41) is 5.20. The number of esters is 1. The number of likely N-dealkylation sites (N-methyl/N-ethyl adjacent to an activating group) is 1. The third-order valence-electron chi connectivity index (χ3n) is 5.34. The second-order valence-corrected chi connectivity index (χ2v) is 7.15. The van der Waals surface area contributed by atoms with Gasteiger partial charge in [-0.3, -0.25) is 14.4 Å². The lowest BCUT2D eigenvalue weighted by molar-refractivity contribution is -0.156. The first-order valence-corrected chi connectivity index (χ1v) is 9.53. The lowest BCUT2D eigenvalue weighted by atomic mass is 10.0. The zero-order chi connectivity index (χ0) is 21.3. The number of fused-ring (bicyclic) bond motifs is 1. The van der Waals surface area contributed by atoms with Crippen LogP contribution in [0.2, 0.25) is 0 Å². The molecule has 8 nitrogen and oxygen atoms in total. The molecule has 8 heteroatoms. The predicted molar refractivity (Wildman–Crippen MR) is 109 cm³/mol. The highest BCUT2D eigenvalue weighted by Gasteiger charge is 2.40. The van der Waals surface area contributed by atoms with Crippen molar-refractivity contribution in [2.75, 3.05) is 14.2 Å². The first kappa shape index (κ1) is 19.6. The van der Waals surface area contributed by atoms with Crippen molar-refractivity contribution in [1.29, 1.82) is 0 Å². The average molecular weight is 407 g/mol. The summed E-state index contributed by atoms with van der Waals surface area (Å²) in [4.78, 5) is 39.1. The van der Waals surface area contributed by atoms with Gasteiger partial charge in [0.1, 0.15) is 12.3 Å². The molecule has 30 heavy (non-hydrogen) atoms.